The fraction of sp³-hybridized carbons (Fsp3) is 0.0909. The van der Waals surface area contributed by atoms with Crippen LogP contribution in [0.5, 0.6) is 0 Å². The fourth-order valence-electron chi connectivity index (χ4n) is 0.990. The van der Waals surface area contributed by atoms with Crippen LogP contribution in [0.1, 0.15) is 5.56 Å². The Morgan fingerprint density at radius 3 is 3.06 bits per heavy atom. The van der Waals surface area contributed by atoms with Gasteiger partial charge >= 0.3 is 0 Å². The van der Waals surface area contributed by atoms with Crippen molar-refractivity contribution in [2.75, 3.05) is 6.54 Å². The van der Waals surface area contributed by atoms with E-state index in [1.54, 1.807) is 6.08 Å². The smallest absolute Gasteiger partial charge is 0.224 e. The van der Waals surface area contributed by atoms with Gasteiger partial charge in [-0.1, -0.05) is 28.1 Å². The van der Waals surface area contributed by atoms with E-state index in [4.69, 9.17) is 12.2 Å². The Morgan fingerprint density at radius 2 is 2.38 bits per heavy atom. The molecule has 0 bridgehead atoms. The summed E-state index contributed by atoms with van der Waals surface area (Å²) in [5, 5.41) is 6.38. The van der Waals surface area contributed by atoms with E-state index in [1.165, 1.54) is 0 Å². The molecule has 5 heteroatoms. The number of rotatable bonds is 4. The summed E-state index contributed by atoms with van der Waals surface area (Å²) in [6, 6.07) is 7.92. The van der Waals surface area contributed by atoms with Gasteiger partial charge in [0.2, 0.25) is 5.11 Å². The summed E-state index contributed by atoms with van der Waals surface area (Å²) in [6.45, 7) is 4.23. The van der Waals surface area contributed by atoms with Crippen molar-refractivity contribution in [2.45, 2.75) is 0 Å². The van der Waals surface area contributed by atoms with Crippen molar-refractivity contribution in [3.05, 3.63) is 47.0 Å². The zero-order valence-electron chi connectivity index (χ0n) is 8.66. The zero-order valence-corrected chi connectivity index (χ0v) is 11.1. The second kappa shape index (κ2) is 7.14. The van der Waals surface area contributed by atoms with Crippen molar-refractivity contribution >= 4 is 39.5 Å². The number of hydrogen-bond acceptors (Lipinski definition) is 1. The first-order chi connectivity index (χ1) is 7.72. The third kappa shape index (κ3) is 5.04. The normalized spacial score (nSPS) is 10.1. The first-order valence-electron chi connectivity index (χ1n) is 4.71. The molecule has 16 heavy (non-hydrogen) atoms. The topological polar surface area (TPSA) is 38.0 Å². The van der Waals surface area contributed by atoms with Crippen molar-refractivity contribution in [3.8, 4) is 0 Å². The summed E-state index contributed by atoms with van der Waals surface area (Å²) >= 11 is 8.40. The summed E-state index contributed by atoms with van der Waals surface area (Å²) in [6.07, 6.45) is 3.57. The highest BCUT2D eigenvalue weighted by Gasteiger charge is 1.95. The molecule has 0 radical (unpaired) electrons. The van der Waals surface area contributed by atoms with Crippen LogP contribution in [-0.2, 0) is 0 Å². The second-order valence-corrected chi connectivity index (χ2v) is 4.29. The van der Waals surface area contributed by atoms with Gasteiger partial charge in [-0.3, -0.25) is 0 Å². The van der Waals surface area contributed by atoms with Crippen molar-refractivity contribution < 1.29 is 5.10 Å². The van der Waals surface area contributed by atoms with E-state index >= 15 is 0 Å². The van der Waals surface area contributed by atoms with E-state index in [-0.39, 0.29) is 0 Å². The Morgan fingerprint density at radius 1 is 1.56 bits per heavy atom. The highest BCUT2D eigenvalue weighted by Crippen LogP contribution is 2.09. The van der Waals surface area contributed by atoms with E-state index < -0.39 is 0 Å². The Labute approximate surface area is 109 Å². The van der Waals surface area contributed by atoms with Gasteiger partial charge in [-0.15, -0.1) is 17.1 Å². The van der Waals surface area contributed by atoms with Crippen LogP contribution in [0.15, 0.2) is 41.4 Å². The summed E-state index contributed by atoms with van der Waals surface area (Å²) < 4.78 is 1.04. The lowest BCUT2D eigenvalue weighted by atomic mass is 10.2. The Kier molecular flexibility index (Phi) is 5.74. The number of nitrogens with one attached hydrogen (secondary N) is 3. The molecule has 3 nitrogen and oxygen atoms in total. The molecular weight excluding hydrogens is 286 g/mol. The quantitative estimate of drug-likeness (QED) is 0.328. The molecule has 1 rings (SSSR count). The Hall–Kier alpha value is -1.20. The average molecular weight is 299 g/mol. The van der Waals surface area contributed by atoms with Gasteiger partial charge in [0.15, 0.2) is 6.21 Å². The molecule has 0 saturated heterocycles. The Bertz CT molecular complexity index is 404. The van der Waals surface area contributed by atoms with Crippen LogP contribution in [0.3, 0.4) is 0 Å². The fourth-order valence-corrected chi connectivity index (χ4v) is 1.55. The number of benzene rings is 1. The average Bonchev–Trinajstić information content (AvgIpc) is 2.26. The zero-order chi connectivity index (χ0) is 11.8. The first-order valence-corrected chi connectivity index (χ1v) is 5.91. The first kappa shape index (κ1) is 12.9. The van der Waals surface area contributed by atoms with Gasteiger partial charge in [-0.05, 0) is 30.4 Å². The summed E-state index contributed by atoms with van der Waals surface area (Å²) in [5.41, 5.74) is 3.89. The number of hydrazine groups is 1. The molecule has 84 valence electrons. The molecule has 0 spiro atoms. The molecule has 0 fully saturated rings. The molecule has 0 heterocycles. The molecule has 0 aliphatic carbocycles. The Balaban J connectivity index is 2.42. The van der Waals surface area contributed by atoms with E-state index in [9.17, 15) is 0 Å². The molecule has 1 aromatic carbocycles. The molecule has 0 aliphatic heterocycles. The van der Waals surface area contributed by atoms with Crippen molar-refractivity contribution in [1.29, 1.82) is 0 Å². The van der Waals surface area contributed by atoms with Crippen molar-refractivity contribution in [3.63, 3.8) is 0 Å². The van der Waals surface area contributed by atoms with Gasteiger partial charge in [-0.2, -0.15) is 0 Å². The lowest BCUT2D eigenvalue weighted by Gasteiger charge is -1.99. The predicted molar refractivity (Wildman–Crippen MR) is 74.2 cm³/mol. The highest BCUT2D eigenvalue weighted by atomic mass is 79.9. The van der Waals surface area contributed by atoms with E-state index in [1.807, 2.05) is 30.5 Å². The lowest BCUT2D eigenvalue weighted by molar-refractivity contribution is -0.500. The minimum atomic E-state index is 0.533. The molecule has 0 unspecified atom stereocenters. The summed E-state index contributed by atoms with van der Waals surface area (Å²) in [5.74, 6) is 0. The van der Waals surface area contributed by atoms with E-state index in [2.05, 4.69) is 38.4 Å². The van der Waals surface area contributed by atoms with E-state index in [0.717, 1.165) is 10.0 Å². The van der Waals surface area contributed by atoms with Crippen molar-refractivity contribution in [2.24, 2.45) is 0 Å². The molecule has 0 atom stereocenters. The summed E-state index contributed by atoms with van der Waals surface area (Å²) in [7, 11) is 0. The van der Waals surface area contributed by atoms with Crippen LogP contribution in [0, 0.1) is 0 Å². The monoisotopic (exact) mass is 298 g/mol. The third-order valence-electron chi connectivity index (χ3n) is 1.68. The predicted octanol–water partition coefficient (Wildman–Crippen LogP) is 0.514. The maximum absolute atomic E-state index is 5.00. The number of thiocarbonyl (C=S) groups is 1. The molecule has 0 aliphatic rings. The van der Waals surface area contributed by atoms with Gasteiger partial charge < -0.3 is 5.32 Å². The maximum Gasteiger partial charge on any atom is 0.224 e. The van der Waals surface area contributed by atoms with Crippen LogP contribution in [0.4, 0.5) is 0 Å². The molecule has 0 aromatic heterocycles. The number of hydrogen-bond donors (Lipinski definition) is 3. The third-order valence-corrected chi connectivity index (χ3v) is 2.42. The van der Waals surface area contributed by atoms with Crippen LogP contribution >= 0.6 is 28.1 Å². The van der Waals surface area contributed by atoms with Gasteiger partial charge in [0.05, 0.1) is 0 Å². The van der Waals surface area contributed by atoms with Crippen LogP contribution < -0.4 is 15.8 Å². The highest BCUT2D eigenvalue weighted by molar-refractivity contribution is 9.10. The molecule has 1 aromatic rings. The lowest BCUT2D eigenvalue weighted by Crippen LogP contribution is -2.82. The summed E-state index contributed by atoms with van der Waals surface area (Å²) in [4.78, 5) is 0. The standard InChI is InChI=1S/C11H12BrN3S/c1-2-6-13-11(16)15-14-8-9-4-3-5-10(12)7-9/h2-5,7-8H,1,6H2,(H2,13,15,16)/p+1. The SMILES string of the molecule is C=CCNC(=S)N[NH+]=Cc1cccc(Br)c1. The minimum Gasteiger partial charge on any atom is -0.355 e. The molecule has 3 N–H and O–H groups in total. The van der Waals surface area contributed by atoms with Crippen LogP contribution in [0.25, 0.3) is 0 Å². The number of halogens is 1. The van der Waals surface area contributed by atoms with Crippen LogP contribution in [0.2, 0.25) is 0 Å². The number of hydrazone groups is 1. The van der Waals surface area contributed by atoms with Crippen LogP contribution in [-0.4, -0.2) is 17.9 Å². The van der Waals surface area contributed by atoms with Gasteiger partial charge in [0.1, 0.15) is 0 Å². The molecule has 0 saturated carbocycles. The van der Waals surface area contributed by atoms with Gasteiger partial charge in [0, 0.05) is 16.6 Å². The molecule has 0 amide bonds. The maximum atomic E-state index is 5.00. The van der Waals surface area contributed by atoms with E-state index in [0.29, 0.717) is 11.7 Å². The second-order valence-electron chi connectivity index (χ2n) is 2.97. The molecular formula is C11H13BrN3S+. The van der Waals surface area contributed by atoms with Gasteiger partial charge in [-0.25, -0.2) is 0 Å². The largest absolute Gasteiger partial charge is 0.355 e. The van der Waals surface area contributed by atoms with Crippen molar-refractivity contribution in [1.82, 2.24) is 10.7 Å². The minimum absolute atomic E-state index is 0.533. The van der Waals surface area contributed by atoms with Gasteiger partial charge in [0.25, 0.3) is 0 Å².